The smallest absolute Gasteiger partial charge is 0.305 e. The summed E-state index contributed by atoms with van der Waals surface area (Å²) in [5, 5.41) is 0. The number of unbranched alkanes of at least 4 members (excludes halogenated alkanes) is 1. The second-order valence-corrected chi connectivity index (χ2v) is 8.22. The molecule has 172 valence electrons. The molecule has 6 heteroatoms. The molecule has 32 heavy (non-hydrogen) atoms. The number of nitrogens with zero attached hydrogens (tertiary/aromatic N) is 1. The van der Waals surface area contributed by atoms with Crippen LogP contribution in [-0.2, 0) is 30.9 Å². The molecule has 2 aromatic carbocycles. The first-order valence-electron chi connectivity index (χ1n) is 11.2. The fourth-order valence-electron chi connectivity index (χ4n) is 4.04. The molecule has 0 aliphatic carbocycles. The molecule has 0 spiro atoms. The summed E-state index contributed by atoms with van der Waals surface area (Å²) < 4.78 is 15.5. The Kier molecular flexibility index (Phi) is 8.68. The van der Waals surface area contributed by atoms with Crippen LogP contribution in [-0.4, -0.2) is 57.3 Å². The first-order chi connectivity index (χ1) is 15.6. The summed E-state index contributed by atoms with van der Waals surface area (Å²) in [7, 11) is 3.03. The van der Waals surface area contributed by atoms with Crippen molar-refractivity contribution in [2.24, 2.45) is 0 Å². The van der Waals surface area contributed by atoms with Crippen LogP contribution in [0.2, 0.25) is 0 Å². The number of methoxy groups -OCH3 is 2. The van der Waals surface area contributed by atoms with E-state index in [1.54, 1.807) is 7.11 Å². The minimum absolute atomic E-state index is 0.0973. The highest BCUT2D eigenvalue weighted by atomic mass is 16.5. The zero-order chi connectivity index (χ0) is 22.8. The average molecular weight is 440 g/mol. The number of carbonyl (C=O) groups is 2. The summed E-state index contributed by atoms with van der Waals surface area (Å²) in [6, 6.07) is 18.0. The van der Waals surface area contributed by atoms with Gasteiger partial charge in [-0.05, 0) is 48.9 Å². The van der Waals surface area contributed by atoms with Crippen LogP contribution in [0.4, 0.5) is 0 Å². The third-order valence-corrected chi connectivity index (χ3v) is 6.06. The lowest BCUT2D eigenvalue weighted by atomic mass is 9.77. The predicted molar refractivity (Wildman–Crippen MR) is 123 cm³/mol. The van der Waals surface area contributed by atoms with Gasteiger partial charge >= 0.3 is 5.97 Å². The highest BCUT2D eigenvalue weighted by Crippen LogP contribution is 2.35. The van der Waals surface area contributed by atoms with Crippen molar-refractivity contribution in [2.45, 2.75) is 37.5 Å². The van der Waals surface area contributed by atoms with Gasteiger partial charge in [0.2, 0.25) is 5.91 Å². The second-order valence-electron chi connectivity index (χ2n) is 8.22. The Bertz CT molecular complexity index is 862. The predicted octanol–water partition coefficient (Wildman–Crippen LogP) is 3.77. The lowest BCUT2D eigenvalue weighted by Crippen LogP contribution is -2.59. The van der Waals surface area contributed by atoms with E-state index in [4.69, 9.17) is 14.2 Å². The zero-order valence-corrected chi connectivity index (χ0v) is 19.0. The Hall–Kier alpha value is -2.86. The van der Waals surface area contributed by atoms with Crippen molar-refractivity contribution in [2.75, 3.05) is 40.5 Å². The molecule has 1 saturated heterocycles. The van der Waals surface area contributed by atoms with Gasteiger partial charge in [-0.2, -0.15) is 0 Å². The van der Waals surface area contributed by atoms with E-state index >= 15 is 0 Å². The monoisotopic (exact) mass is 439 g/mol. The van der Waals surface area contributed by atoms with Crippen molar-refractivity contribution < 1.29 is 23.8 Å². The number of hydrogen-bond donors (Lipinski definition) is 0. The van der Waals surface area contributed by atoms with Gasteiger partial charge in [-0.25, -0.2) is 0 Å². The molecule has 1 fully saturated rings. The molecule has 1 aliphatic heterocycles. The summed E-state index contributed by atoms with van der Waals surface area (Å²) in [6.45, 7) is 2.05. The molecule has 0 atom stereocenters. The Morgan fingerprint density at radius 2 is 1.62 bits per heavy atom. The maximum atomic E-state index is 13.8. The topological polar surface area (TPSA) is 65.1 Å². The van der Waals surface area contributed by atoms with E-state index in [0.717, 1.165) is 30.6 Å². The molecular formula is C26H33NO5. The number of esters is 1. The zero-order valence-electron chi connectivity index (χ0n) is 19.0. The van der Waals surface area contributed by atoms with E-state index in [2.05, 4.69) is 12.1 Å². The average Bonchev–Trinajstić information content (AvgIpc) is 2.80. The van der Waals surface area contributed by atoms with Crippen LogP contribution >= 0.6 is 0 Å². The number of aryl methyl sites for hydroxylation is 1. The lowest BCUT2D eigenvalue weighted by Gasteiger charge is -2.43. The van der Waals surface area contributed by atoms with Crippen molar-refractivity contribution >= 4 is 11.9 Å². The standard InChI is InChI=1S/C26H33NO5/c1-30-23-15-13-22(14-16-23)26(19-32-20-26)25(29)27(17-7-6-12-24(28)31-2)18-8-11-21-9-4-3-5-10-21/h3-5,9-10,13-16H,6-8,11-12,17-20H2,1-2H3. The first kappa shape index (κ1) is 23.8. The molecule has 0 bridgehead atoms. The van der Waals surface area contributed by atoms with Gasteiger partial charge in [0, 0.05) is 19.5 Å². The van der Waals surface area contributed by atoms with Gasteiger partial charge in [-0.15, -0.1) is 0 Å². The summed E-state index contributed by atoms with van der Waals surface area (Å²) >= 11 is 0. The largest absolute Gasteiger partial charge is 0.497 e. The number of carbonyl (C=O) groups excluding carboxylic acids is 2. The Morgan fingerprint density at radius 1 is 0.938 bits per heavy atom. The van der Waals surface area contributed by atoms with Crippen molar-refractivity contribution in [3.63, 3.8) is 0 Å². The van der Waals surface area contributed by atoms with Crippen LogP contribution in [0.25, 0.3) is 0 Å². The number of amides is 1. The third kappa shape index (κ3) is 5.88. The van der Waals surface area contributed by atoms with Gasteiger partial charge in [0.25, 0.3) is 0 Å². The molecule has 2 aromatic rings. The molecule has 6 nitrogen and oxygen atoms in total. The maximum absolute atomic E-state index is 13.8. The van der Waals surface area contributed by atoms with Crippen molar-refractivity contribution in [1.29, 1.82) is 0 Å². The van der Waals surface area contributed by atoms with E-state index in [9.17, 15) is 9.59 Å². The molecule has 0 radical (unpaired) electrons. The maximum Gasteiger partial charge on any atom is 0.305 e. The fourth-order valence-corrected chi connectivity index (χ4v) is 4.04. The van der Waals surface area contributed by atoms with E-state index < -0.39 is 5.41 Å². The Labute approximate surface area is 190 Å². The quantitative estimate of drug-likeness (QED) is 0.372. The number of hydrogen-bond acceptors (Lipinski definition) is 5. The van der Waals surface area contributed by atoms with E-state index in [-0.39, 0.29) is 11.9 Å². The minimum atomic E-state index is -0.651. The lowest BCUT2D eigenvalue weighted by molar-refractivity contribution is -0.156. The van der Waals surface area contributed by atoms with E-state index in [0.29, 0.717) is 39.1 Å². The summed E-state index contributed by atoms with van der Waals surface area (Å²) in [5.41, 5.74) is 1.57. The van der Waals surface area contributed by atoms with Gasteiger partial charge < -0.3 is 19.1 Å². The number of rotatable bonds is 12. The first-order valence-corrected chi connectivity index (χ1v) is 11.2. The molecule has 0 aromatic heterocycles. The van der Waals surface area contributed by atoms with Crippen molar-refractivity contribution in [3.05, 3.63) is 65.7 Å². The highest BCUT2D eigenvalue weighted by Gasteiger charge is 2.49. The molecule has 1 aliphatic rings. The van der Waals surface area contributed by atoms with Crippen LogP contribution in [0, 0.1) is 0 Å². The van der Waals surface area contributed by atoms with Gasteiger partial charge in [0.15, 0.2) is 0 Å². The van der Waals surface area contributed by atoms with Crippen LogP contribution in [0.1, 0.15) is 36.8 Å². The minimum Gasteiger partial charge on any atom is -0.497 e. The molecule has 1 amide bonds. The SMILES string of the molecule is COC(=O)CCCCN(CCCc1ccccc1)C(=O)C1(c2ccc(OC)cc2)COC1. The summed E-state index contributed by atoms with van der Waals surface area (Å²) in [4.78, 5) is 27.1. The van der Waals surface area contributed by atoms with Crippen LogP contribution in [0.3, 0.4) is 0 Å². The molecule has 0 saturated carbocycles. The molecule has 0 unspecified atom stereocenters. The Balaban J connectivity index is 1.68. The van der Waals surface area contributed by atoms with Gasteiger partial charge in [0.1, 0.15) is 11.2 Å². The fraction of sp³-hybridized carbons (Fsp3) is 0.462. The van der Waals surface area contributed by atoms with Crippen LogP contribution < -0.4 is 4.74 Å². The molecular weight excluding hydrogens is 406 g/mol. The molecule has 0 N–H and O–H groups in total. The number of benzene rings is 2. The summed E-state index contributed by atoms with van der Waals surface area (Å²) in [5.74, 6) is 0.646. The van der Waals surface area contributed by atoms with Gasteiger partial charge in [-0.1, -0.05) is 42.5 Å². The third-order valence-electron chi connectivity index (χ3n) is 6.06. The van der Waals surface area contributed by atoms with Crippen LogP contribution in [0.5, 0.6) is 5.75 Å². The van der Waals surface area contributed by atoms with Crippen molar-refractivity contribution in [3.8, 4) is 5.75 Å². The van der Waals surface area contributed by atoms with E-state index in [1.165, 1.54) is 12.7 Å². The normalized spacial score (nSPS) is 14.3. The number of ether oxygens (including phenoxy) is 3. The van der Waals surface area contributed by atoms with Gasteiger partial charge in [-0.3, -0.25) is 9.59 Å². The summed E-state index contributed by atoms with van der Waals surface area (Å²) in [6.07, 6.45) is 3.62. The highest BCUT2D eigenvalue weighted by molar-refractivity contribution is 5.89. The molecule has 3 rings (SSSR count). The van der Waals surface area contributed by atoms with Crippen LogP contribution in [0.15, 0.2) is 54.6 Å². The van der Waals surface area contributed by atoms with Gasteiger partial charge in [0.05, 0.1) is 27.4 Å². The molecule has 1 heterocycles. The second kappa shape index (κ2) is 11.7. The van der Waals surface area contributed by atoms with E-state index in [1.807, 2.05) is 47.4 Å². The Morgan fingerprint density at radius 3 is 2.22 bits per heavy atom. The van der Waals surface area contributed by atoms with Crippen molar-refractivity contribution in [1.82, 2.24) is 4.90 Å².